The van der Waals surface area contributed by atoms with Crippen molar-refractivity contribution in [2.45, 2.75) is 0 Å². The first-order valence-electron chi connectivity index (χ1n) is 7.00. The van der Waals surface area contributed by atoms with Crippen molar-refractivity contribution in [1.29, 1.82) is 0 Å². The smallest absolute Gasteiger partial charge is 0.157 e. The van der Waals surface area contributed by atoms with Crippen molar-refractivity contribution in [2.24, 2.45) is 5.10 Å². The standard InChI is InChI=1S/C17H17N5/c1-22(2)14-9-7-13(8-10-14)11-20-21-17-15-5-3-4-6-16(15)18-12-19-17/h3-12H,1-2H3,(H,18,19,21)/b20-11+. The van der Waals surface area contributed by atoms with E-state index in [0.717, 1.165) is 22.2 Å². The third-order valence-corrected chi connectivity index (χ3v) is 3.34. The van der Waals surface area contributed by atoms with Crippen LogP contribution in [0.4, 0.5) is 11.5 Å². The molecular formula is C17H17N5. The lowest BCUT2D eigenvalue weighted by Crippen LogP contribution is -2.08. The van der Waals surface area contributed by atoms with Crippen molar-refractivity contribution in [2.75, 3.05) is 24.4 Å². The third-order valence-electron chi connectivity index (χ3n) is 3.34. The molecule has 1 heterocycles. The molecule has 22 heavy (non-hydrogen) atoms. The molecule has 1 N–H and O–H groups in total. The van der Waals surface area contributed by atoms with E-state index in [1.807, 2.05) is 50.5 Å². The third kappa shape index (κ3) is 3.03. The summed E-state index contributed by atoms with van der Waals surface area (Å²) in [5, 5.41) is 5.21. The quantitative estimate of drug-likeness (QED) is 0.592. The average molecular weight is 291 g/mol. The summed E-state index contributed by atoms with van der Waals surface area (Å²) < 4.78 is 0. The number of aromatic nitrogens is 2. The van der Waals surface area contributed by atoms with E-state index in [-0.39, 0.29) is 0 Å². The largest absolute Gasteiger partial charge is 0.378 e. The molecule has 2 aromatic carbocycles. The van der Waals surface area contributed by atoms with Gasteiger partial charge in [-0.3, -0.25) is 5.43 Å². The van der Waals surface area contributed by atoms with Crippen LogP contribution in [-0.4, -0.2) is 30.3 Å². The van der Waals surface area contributed by atoms with Crippen LogP contribution in [-0.2, 0) is 0 Å². The van der Waals surface area contributed by atoms with Crippen molar-refractivity contribution >= 4 is 28.6 Å². The van der Waals surface area contributed by atoms with E-state index in [9.17, 15) is 0 Å². The summed E-state index contributed by atoms with van der Waals surface area (Å²) >= 11 is 0. The number of fused-ring (bicyclic) bond motifs is 1. The van der Waals surface area contributed by atoms with Crippen LogP contribution in [0.3, 0.4) is 0 Å². The predicted molar refractivity (Wildman–Crippen MR) is 91.5 cm³/mol. The number of rotatable bonds is 4. The molecular weight excluding hydrogens is 274 g/mol. The lowest BCUT2D eigenvalue weighted by atomic mass is 10.2. The zero-order valence-electron chi connectivity index (χ0n) is 12.6. The van der Waals surface area contributed by atoms with Gasteiger partial charge in [0.1, 0.15) is 6.33 Å². The molecule has 0 saturated heterocycles. The van der Waals surface area contributed by atoms with Crippen LogP contribution in [0, 0.1) is 0 Å². The van der Waals surface area contributed by atoms with E-state index in [0.29, 0.717) is 5.82 Å². The first-order valence-corrected chi connectivity index (χ1v) is 7.00. The first kappa shape index (κ1) is 14.0. The number of benzene rings is 2. The number of hydrazone groups is 1. The highest BCUT2D eigenvalue weighted by Gasteiger charge is 2.00. The van der Waals surface area contributed by atoms with Crippen LogP contribution < -0.4 is 10.3 Å². The molecule has 3 rings (SSSR count). The molecule has 0 aliphatic heterocycles. The van der Waals surface area contributed by atoms with Gasteiger partial charge < -0.3 is 4.90 Å². The van der Waals surface area contributed by atoms with Crippen LogP contribution in [0.2, 0.25) is 0 Å². The van der Waals surface area contributed by atoms with Crippen LogP contribution in [0.25, 0.3) is 10.9 Å². The van der Waals surface area contributed by atoms with Crippen LogP contribution >= 0.6 is 0 Å². The van der Waals surface area contributed by atoms with Crippen molar-refractivity contribution in [1.82, 2.24) is 9.97 Å². The maximum atomic E-state index is 4.26. The average Bonchev–Trinajstić information content (AvgIpc) is 2.55. The molecule has 0 unspecified atom stereocenters. The number of nitrogens with zero attached hydrogens (tertiary/aromatic N) is 4. The van der Waals surface area contributed by atoms with Crippen LogP contribution in [0.5, 0.6) is 0 Å². The van der Waals surface area contributed by atoms with Crippen molar-refractivity contribution in [3.05, 3.63) is 60.4 Å². The maximum Gasteiger partial charge on any atom is 0.157 e. The van der Waals surface area contributed by atoms with Gasteiger partial charge >= 0.3 is 0 Å². The number of hydrogen-bond acceptors (Lipinski definition) is 5. The summed E-state index contributed by atoms with van der Waals surface area (Å²) in [5.74, 6) is 0.701. The molecule has 0 aliphatic carbocycles. The second kappa shape index (κ2) is 6.22. The molecule has 0 bridgehead atoms. The Morgan fingerprint density at radius 3 is 2.55 bits per heavy atom. The van der Waals surface area contributed by atoms with Gasteiger partial charge in [0.05, 0.1) is 11.7 Å². The molecule has 110 valence electrons. The Bertz CT molecular complexity index is 788. The van der Waals surface area contributed by atoms with Gasteiger partial charge in [-0.25, -0.2) is 9.97 Å². The van der Waals surface area contributed by atoms with E-state index < -0.39 is 0 Å². The molecule has 5 nitrogen and oxygen atoms in total. The Hall–Kier alpha value is -2.95. The summed E-state index contributed by atoms with van der Waals surface area (Å²) in [6.07, 6.45) is 3.31. The second-order valence-corrected chi connectivity index (χ2v) is 5.10. The number of hydrogen-bond donors (Lipinski definition) is 1. The number of para-hydroxylation sites is 1. The second-order valence-electron chi connectivity index (χ2n) is 5.10. The SMILES string of the molecule is CN(C)c1ccc(/C=N/Nc2ncnc3ccccc23)cc1. The fourth-order valence-corrected chi connectivity index (χ4v) is 2.12. The van der Waals surface area contributed by atoms with Gasteiger partial charge in [-0.05, 0) is 29.8 Å². The molecule has 5 heteroatoms. The monoisotopic (exact) mass is 291 g/mol. The fraction of sp³-hybridized carbons (Fsp3) is 0.118. The molecule has 3 aromatic rings. The van der Waals surface area contributed by atoms with Gasteiger partial charge in [0.15, 0.2) is 5.82 Å². The van der Waals surface area contributed by atoms with Gasteiger partial charge in [-0.1, -0.05) is 24.3 Å². The minimum atomic E-state index is 0.701. The Morgan fingerprint density at radius 1 is 1.00 bits per heavy atom. The first-order chi connectivity index (χ1) is 10.7. The summed E-state index contributed by atoms with van der Waals surface area (Å²) in [7, 11) is 4.04. The van der Waals surface area contributed by atoms with E-state index in [1.165, 1.54) is 6.33 Å². The highest BCUT2D eigenvalue weighted by atomic mass is 15.3. The Morgan fingerprint density at radius 2 is 1.77 bits per heavy atom. The number of nitrogens with one attached hydrogen (secondary N) is 1. The Balaban J connectivity index is 1.76. The summed E-state index contributed by atoms with van der Waals surface area (Å²) in [6, 6.07) is 16.0. The van der Waals surface area contributed by atoms with Gasteiger partial charge in [0, 0.05) is 25.2 Å². The molecule has 1 aromatic heterocycles. The van der Waals surface area contributed by atoms with E-state index >= 15 is 0 Å². The fourth-order valence-electron chi connectivity index (χ4n) is 2.12. The van der Waals surface area contributed by atoms with Gasteiger partial charge in [-0.2, -0.15) is 5.10 Å². The molecule has 0 radical (unpaired) electrons. The minimum Gasteiger partial charge on any atom is -0.378 e. The minimum absolute atomic E-state index is 0.701. The molecule has 0 atom stereocenters. The highest BCUT2D eigenvalue weighted by Crippen LogP contribution is 2.18. The maximum absolute atomic E-state index is 4.26. The van der Waals surface area contributed by atoms with Gasteiger partial charge in [-0.15, -0.1) is 0 Å². The lowest BCUT2D eigenvalue weighted by molar-refractivity contribution is 1.13. The Kier molecular flexibility index (Phi) is 3.96. The zero-order chi connectivity index (χ0) is 15.4. The summed E-state index contributed by atoms with van der Waals surface area (Å²) in [6.45, 7) is 0. The lowest BCUT2D eigenvalue weighted by Gasteiger charge is -2.11. The molecule has 0 fully saturated rings. The molecule has 0 saturated carbocycles. The van der Waals surface area contributed by atoms with Crippen molar-refractivity contribution in [3.63, 3.8) is 0 Å². The normalized spacial score (nSPS) is 11.0. The molecule has 0 spiro atoms. The van der Waals surface area contributed by atoms with Crippen LogP contribution in [0.15, 0.2) is 60.0 Å². The topological polar surface area (TPSA) is 53.4 Å². The molecule has 0 amide bonds. The van der Waals surface area contributed by atoms with Gasteiger partial charge in [0.25, 0.3) is 0 Å². The molecule has 0 aliphatic rings. The summed E-state index contributed by atoms with van der Waals surface area (Å²) in [5.41, 5.74) is 6.06. The van der Waals surface area contributed by atoms with E-state index in [4.69, 9.17) is 0 Å². The predicted octanol–water partition coefficient (Wildman–Crippen LogP) is 3.14. The van der Waals surface area contributed by atoms with Crippen molar-refractivity contribution in [3.8, 4) is 0 Å². The summed E-state index contributed by atoms with van der Waals surface area (Å²) in [4.78, 5) is 10.5. The highest BCUT2D eigenvalue weighted by molar-refractivity contribution is 5.89. The Labute approximate surface area is 129 Å². The van der Waals surface area contributed by atoms with E-state index in [2.05, 4.69) is 37.5 Å². The van der Waals surface area contributed by atoms with Crippen molar-refractivity contribution < 1.29 is 0 Å². The number of anilines is 2. The van der Waals surface area contributed by atoms with Crippen LogP contribution in [0.1, 0.15) is 5.56 Å². The van der Waals surface area contributed by atoms with Gasteiger partial charge in [0.2, 0.25) is 0 Å². The zero-order valence-corrected chi connectivity index (χ0v) is 12.6. The van der Waals surface area contributed by atoms with E-state index in [1.54, 1.807) is 6.21 Å².